The molecule has 22 heavy (non-hydrogen) atoms. The molecule has 1 unspecified atom stereocenters. The molecule has 0 heterocycles. The molecule has 122 valence electrons. The van der Waals surface area contributed by atoms with Gasteiger partial charge in [-0.05, 0) is 39.8 Å². The van der Waals surface area contributed by atoms with Gasteiger partial charge in [-0.1, -0.05) is 17.7 Å². The molecule has 0 amide bonds. The number of carbonyl (C=O) groups is 1. The average Bonchev–Trinajstić information content (AvgIpc) is 2.37. The summed E-state index contributed by atoms with van der Waals surface area (Å²) in [6.07, 6.45) is -0.0431. The number of hydrogen-bond donors (Lipinski definition) is 1. The largest absolute Gasteiger partial charge is 0.479 e. The Bertz CT molecular complexity index is 660. The minimum Gasteiger partial charge on any atom is -0.479 e. The lowest BCUT2D eigenvalue weighted by Gasteiger charge is -2.23. The first-order chi connectivity index (χ1) is 10.1. The fraction of sp³-hybridized carbons (Fsp3) is 0.467. The van der Waals surface area contributed by atoms with Crippen LogP contribution >= 0.6 is 0 Å². The Morgan fingerprint density at radius 3 is 2.27 bits per heavy atom. The van der Waals surface area contributed by atoms with Gasteiger partial charge < -0.3 is 5.11 Å². The monoisotopic (exact) mass is 327 g/mol. The van der Waals surface area contributed by atoms with E-state index in [1.165, 1.54) is 19.1 Å². The number of carboxylic acids is 1. The Morgan fingerprint density at radius 2 is 1.82 bits per heavy atom. The number of aliphatic imine (C=N–C) groups is 1. The third-order valence-corrected chi connectivity index (χ3v) is 4.51. The van der Waals surface area contributed by atoms with Crippen LogP contribution in [-0.4, -0.2) is 37.4 Å². The Kier molecular flexibility index (Phi) is 5.85. The van der Waals surface area contributed by atoms with Crippen LogP contribution in [0.1, 0.15) is 32.8 Å². The van der Waals surface area contributed by atoms with Crippen LogP contribution in [0, 0.1) is 6.92 Å². The molecule has 1 aromatic rings. The van der Waals surface area contributed by atoms with Crippen molar-refractivity contribution in [2.24, 2.45) is 4.99 Å². The maximum atomic E-state index is 12.2. The fourth-order valence-corrected chi connectivity index (χ4v) is 2.88. The van der Waals surface area contributed by atoms with Crippen LogP contribution in [0.2, 0.25) is 0 Å². The third kappa shape index (κ3) is 4.92. The smallest absolute Gasteiger partial charge is 0.337 e. The van der Waals surface area contributed by atoms with Crippen molar-refractivity contribution in [2.45, 2.75) is 44.6 Å². The normalized spacial score (nSPS) is 14.2. The van der Waals surface area contributed by atoms with E-state index in [1.807, 2.05) is 6.92 Å². The van der Waals surface area contributed by atoms with Gasteiger partial charge in [0.2, 0.25) is 0 Å². The van der Waals surface area contributed by atoms with E-state index in [-0.39, 0.29) is 17.9 Å². The first-order valence-corrected chi connectivity index (χ1v) is 8.21. The van der Waals surface area contributed by atoms with Crippen LogP contribution in [0.25, 0.3) is 0 Å². The first kappa shape index (κ1) is 18.3. The summed E-state index contributed by atoms with van der Waals surface area (Å²) in [5.74, 6) is -1.34. The molecule has 0 saturated carbocycles. The van der Waals surface area contributed by atoms with Gasteiger partial charge in [0.25, 0.3) is 10.1 Å². The highest BCUT2D eigenvalue weighted by Gasteiger charge is 2.39. The van der Waals surface area contributed by atoms with Gasteiger partial charge in [-0.2, -0.15) is 8.42 Å². The van der Waals surface area contributed by atoms with Crippen molar-refractivity contribution in [2.75, 3.05) is 6.54 Å². The van der Waals surface area contributed by atoms with Gasteiger partial charge in [-0.15, -0.1) is 0 Å². The third-order valence-electron chi connectivity index (χ3n) is 3.07. The highest BCUT2D eigenvalue weighted by atomic mass is 32.2. The summed E-state index contributed by atoms with van der Waals surface area (Å²) in [5, 5.41) is 9.31. The van der Waals surface area contributed by atoms with Crippen LogP contribution in [0.15, 0.2) is 34.2 Å². The fourth-order valence-electron chi connectivity index (χ4n) is 1.67. The van der Waals surface area contributed by atoms with Crippen LogP contribution in [0.4, 0.5) is 0 Å². The van der Waals surface area contributed by atoms with Gasteiger partial charge in [0.15, 0.2) is 5.60 Å². The minimum absolute atomic E-state index is 0.0431. The van der Waals surface area contributed by atoms with Gasteiger partial charge in [-0.25, -0.2) is 8.98 Å². The molecule has 0 radical (unpaired) electrons. The Hall–Kier alpha value is -1.73. The zero-order valence-electron chi connectivity index (χ0n) is 13.2. The Labute approximate surface area is 131 Å². The zero-order valence-corrected chi connectivity index (χ0v) is 14.0. The van der Waals surface area contributed by atoms with Crippen molar-refractivity contribution >= 4 is 21.8 Å². The lowest BCUT2D eigenvalue weighted by Crippen LogP contribution is -2.41. The van der Waals surface area contributed by atoms with Crippen molar-refractivity contribution in [3.63, 3.8) is 0 Å². The summed E-state index contributed by atoms with van der Waals surface area (Å²) in [6, 6.07) is 6.03. The van der Waals surface area contributed by atoms with E-state index < -0.39 is 21.7 Å². The number of nitrogens with zero attached hydrogens (tertiary/aromatic N) is 1. The van der Waals surface area contributed by atoms with E-state index in [0.717, 1.165) is 11.3 Å². The van der Waals surface area contributed by atoms with Crippen LogP contribution in [0.3, 0.4) is 0 Å². The summed E-state index contributed by atoms with van der Waals surface area (Å²) in [5.41, 5.74) is -0.176. The second kappa shape index (κ2) is 7.02. The summed E-state index contributed by atoms with van der Waals surface area (Å²) < 4.78 is 29.5. The van der Waals surface area contributed by atoms with Gasteiger partial charge in [0.1, 0.15) is 0 Å². The highest BCUT2D eigenvalue weighted by Crippen LogP contribution is 2.24. The molecule has 0 aliphatic rings. The van der Waals surface area contributed by atoms with E-state index in [0.29, 0.717) is 0 Å². The number of carboxylic acid groups (broad SMARTS) is 1. The summed E-state index contributed by atoms with van der Waals surface area (Å²) in [6.45, 7) is 6.80. The maximum Gasteiger partial charge on any atom is 0.337 e. The molecule has 0 saturated heterocycles. The zero-order chi connectivity index (χ0) is 17.0. The molecule has 6 nitrogen and oxygen atoms in total. The molecule has 0 bridgehead atoms. The van der Waals surface area contributed by atoms with Crippen molar-refractivity contribution in [1.82, 2.24) is 0 Å². The topological polar surface area (TPSA) is 93.0 Å². The van der Waals surface area contributed by atoms with E-state index >= 15 is 0 Å². The van der Waals surface area contributed by atoms with E-state index in [9.17, 15) is 18.3 Å². The molecule has 0 spiro atoms. The number of aliphatic carboxylic acids is 1. The van der Waals surface area contributed by atoms with E-state index in [4.69, 9.17) is 4.18 Å². The molecule has 0 fully saturated rings. The van der Waals surface area contributed by atoms with E-state index in [1.54, 1.807) is 26.0 Å². The molecule has 1 atom stereocenters. The van der Waals surface area contributed by atoms with Crippen molar-refractivity contribution < 1.29 is 22.5 Å². The molecule has 0 aromatic heterocycles. The number of aryl methyl sites for hydroxylation is 1. The lowest BCUT2D eigenvalue weighted by atomic mass is 10.0. The standard InChI is InChI=1S/C15H21NO5S/c1-11(2)16-10-9-15(4,14(17)18)21-22(19,20)13-7-5-12(3)6-8-13/h5-8H,9-10H2,1-4H3,(H,17,18). The van der Waals surface area contributed by atoms with Crippen LogP contribution in [0.5, 0.6) is 0 Å². The molecule has 1 rings (SSSR count). The summed E-state index contributed by atoms with van der Waals surface area (Å²) >= 11 is 0. The quantitative estimate of drug-likeness (QED) is 0.613. The van der Waals surface area contributed by atoms with Crippen LogP contribution < -0.4 is 0 Å². The number of hydrogen-bond acceptors (Lipinski definition) is 5. The molecule has 0 aliphatic carbocycles. The molecule has 1 N–H and O–H groups in total. The van der Waals surface area contributed by atoms with Crippen molar-refractivity contribution in [3.8, 4) is 0 Å². The Morgan fingerprint density at radius 1 is 1.27 bits per heavy atom. The first-order valence-electron chi connectivity index (χ1n) is 6.80. The van der Waals surface area contributed by atoms with Crippen molar-refractivity contribution in [3.05, 3.63) is 29.8 Å². The summed E-state index contributed by atoms with van der Waals surface area (Å²) in [4.78, 5) is 15.4. The number of rotatable bonds is 7. The van der Waals surface area contributed by atoms with E-state index in [2.05, 4.69) is 4.99 Å². The van der Waals surface area contributed by atoms with Crippen LogP contribution in [-0.2, 0) is 19.1 Å². The molecule has 7 heteroatoms. The lowest BCUT2D eigenvalue weighted by molar-refractivity contribution is -0.153. The molecule has 1 aromatic carbocycles. The second-order valence-corrected chi connectivity index (χ2v) is 7.01. The predicted molar refractivity (Wildman–Crippen MR) is 83.8 cm³/mol. The highest BCUT2D eigenvalue weighted by molar-refractivity contribution is 7.86. The van der Waals surface area contributed by atoms with Gasteiger partial charge in [0.05, 0.1) is 4.90 Å². The summed E-state index contributed by atoms with van der Waals surface area (Å²) in [7, 11) is -4.16. The molecular weight excluding hydrogens is 306 g/mol. The van der Waals surface area contributed by atoms with Gasteiger partial charge in [-0.3, -0.25) is 4.99 Å². The molecular formula is C15H21NO5S. The van der Waals surface area contributed by atoms with Gasteiger partial charge in [0, 0.05) is 18.7 Å². The second-order valence-electron chi connectivity index (χ2n) is 5.47. The SMILES string of the molecule is CC(C)=NCCC(C)(OS(=O)(=O)c1ccc(C)cc1)C(=O)O. The van der Waals surface area contributed by atoms with Gasteiger partial charge >= 0.3 is 5.97 Å². The predicted octanol–water partition coefficient (Wildman–Crippen LogP) is 2.41. The molecule has 0 aliphatic heterocycles. The van der Waals surface area contributed by atoms with Crippen molar-refractivity contribution in [1.29, 1.82) is 0 Å². The Balaban J connectivity index is 3.01. The number of benzene rings is 1. The minimum atomic E-state index is -4.16. The average molecular weight is 327 g/mol. The maximum absolute atomic E-state index is 12.2.